The van der Waals surface area contributed by atoms with Crippen LogP contribution in [0, 0.1) is 6.92 Å². The van der Waals surface area contributed by atoms with Crippen molar-refractivity contribution >= 4 is 0 Å². The van der Waals surface area contributed by atoms with Crippen LogP contribution in [0.25, 0.3) is 11.5 Å². The zero-order valence-electron chi connectivity index (χ0n) is 10.8. The van der Waals surface area contributed by atoms with Crippen molar-refractivity contribution in [2.75, 3.05) is 0 Å². The van der Waals surface area contributed by atoms with Crippen LogP contribution in [0.1, 0.15) is 24.4 Å². The highest BCUT2D eigenvalue weighted by Crippen LogP contribution is 2.15. The van der Waals surface area contributed by atoms with Gasteiger partial charge in [-0.1, -0.05) is 5.21 Å². The molecule has 7 heteroatoms. The molecule has 0 unspecified atom stereocenters. The van der Waals surface area contributed by atoms with Crippen LogP contribution >= 0.6 is 0 Å². The summed E-state index contributed by atoms with van der Waals surface area (Å²) in [6.45, 7) is 4.08. The molecule has 1 atom stereocenters. The van der Waals surface area contributed by atoms with Gasteiger partial charge in [0.25, 0.3) is 0 Å². The molecule has 0 amide bonds. The standard InChI is InChI=1S/C12H15N7/c1-8-5-10(16-15-8)6-9(2)19-7-11(17-18-19)12-13-3-4-14-12/h3-5,7,9H,6H2,1-2H3,(H,13,14)(H,15,16)/t9-/m0/s1. The zero-order valence-corrected chi connectivity index (χ0v) is 10.8. The normalized spacial score (nSPS) is 12.7. The predicted octanol–water partition coefficient (Wildman–Crippen LogP) is 1.50. The number of aryl methyl sites for hydroxylation is 1. The van der Waals surface area contributed by atoms with E-state index < -0.39 is 0 Å². The van der Waals surface area contributed by atoms with Crippen LogP contribution in [0.15, 0.2) is 24.7 Å². The summed E-state index contributed by atoms with van der Waals surface area (Å²) in [6.07, 6.45) is 6.17. The lowest BCUT2D eigenvalue weighted by Gasteiger charge is -2.08. The molecule has 0 fully saturated rings. The van der Waals surface area contributed by atoms with Crippen molar-refractivity contribution in [3.8, 4) is 11.5 Å². The first-order valence-electron chi connectivity index (χ1n) is 6.15. The fraction of sp³-hybridized carbons (Fsp3) is 0.333. The van der Waals surface area contributed by atoms with E-state index in [0.717, 1.165) is 29.3 Å². The van der Waals surface area contributed by atoms with Gasteiger partial charge in [-0.15, -0.1) is 5.10 Å². The third kappa shape index (κ3) is 2.40. The molecule has 3 rings (SSSR count). The van der Waals surface area contributed by atoms with E-state index in [9.17, 15) is 0 Å². The average Bonchev–Trinajstić information content (AvgIpc) is 3.08. The summed E-state index contributed by atoms with van der Waals surface area (Å²) in [7, 11) is 0. The summed E-state index contributed by atoms with van der Waals surface area (Å²) < 4.78 is 1.84. The van der Waals surface area contributed by atoms with Crippen molar-refractivity contribution in [3.05, 3.63) is 36.0 Å². The van der Waals surface area contributed by atoms with Gasteiger partial charge in [-0.05, 0) is 19.9 Å². The molecular weight excluding hydrogens is 242 g/mol. The molecule has 0 aliphatic heterocycles. The molecule has 2 N–H and O–H groups in total. The van der Waals surface area contributed by atoms with Crippen LogP contribution in [0.2, 0.25) is 0 Å². The fourth-order valence-corrected chi connectivity index (χ4v) is 1.98. The van der Waals surface area contributed by atoms with E-state index in [1.165, 1.54) is 0 Å². The summed E-state index contributed by atoms with van der Waals surface area (Å²) in [5, 5.41) is 15.4. The molecule has 98 valence electrons. The summed E-state index contributed by atoms with van der Waals surface area (Å²) in [5.41, 5.74) is 2.84. The summed E-state index contributed by atoms with van der Waals surface area (Å²) in [4.78, 5) is 7.17. The predicted molar refractivity (Wildman–Crippen MR) is 69.3 cm³/mol. The molecule has 3 aromatic rings. The van der Waals surface area contributed by atoms with Gasteiger partial charge in [-0.25, -0.2) is 9.67 Å². The number of nitrogens with one attached hydrogen (secondary N) is 2. The molecule has 0 spiro atoms. The van der Waals surface area contributed by atoms with Crippen LogP contribution < -0.4 is 0 Å². The quantitative estimate of drug-likeness (QED) is 0.741. The topological polar surface area (TPSA) is 88.1 Å². The lowest BCUT2D eigenvalue weighted by atomic mass is 10.2. The Labute approximate surface area is 110 Å². The highest BCUT2D eigenvalue weighted by Gasteiger charge is 2.12. The fourth-order valence-electron chi connectivity index (χ4n) is 1.98. The Morgan fingerprint density at radius 3 is 3.00 bits per heavy atom. The van der Waals surface area contributed by atoms with Gasteiger partial charge >= 0.3 is 0 Å². The smallest absolute Gasteiger partial charge is 0.159 e. The Kier molecular flexibility index (Phi) is 2.86. The number of aromatic amines is 2. The van der Waals surface area contributed by atoms with Gasteiger partial charge in [0.15, 0.2) is 5.82 Å². The van der Waals surface area contributed by atoms with E-state index in [4.69, 9.17) is 0 Å². The van der Waals surface area contributed by atoms with Crippen molar-refractivity contribution in [3.63, 3.8) is 0 Å². The molecule has 0 aliphatic carbocycles. The Morgan fingerprint density at radius 2 is 2.32 bits per heavy atom. The molecule has 0 saturated carbocycles. The summed E-state index contributed by atoms with van der Waals surface area (Å²) >= 11 is 0. The number of hydrogen-bond donors (Lipinski definition) is 2. The van der Waals surface area contributed by atoms with Crippen molar-refractivity contribution < 1.29 is 0 Å². The van der Waals surface area contributed by atoms with E-state index >= 15 is 0 Å². The van der Waals surface area contributed by atoms with Crippen LogP contribution in [-0.2, 0) is 6.42 Å². The van der Waals surface area contributed by atoms with Crippen molar-refractivity contribution in [2.45, 2.75) is 26.3 Å². The molecule has 0 aliphatic rings. The summed E-state index contributed by atoms with van der Waals surface area (Å²) in [6, 6.07) is 2.24. The Bertz CT molecular complexity index is 649. The molecule has 0 radical (unpaired) electrons. The van der Waals surface area contributed by atoms with Crippen molar-refractivity contribution in [1.29, 1.82) is 0 Å². The first-order valence-corrected chi connectivity index (χ1v) is 6.15. The third-order valence-electron chi connectivity index (χ3n) is 2.97. The van der Waals surface area contributed by atoms with E-state index in [1.54, 1.807) is 12.4 Å². The first-order chi connectivity index (χ1) is 9.22. The molecule has 0 saturated heterocycles. The summed E-state index contributed by atoms with van der Waals surface area (Å²) in [5.74, 6) is 0.731. The largest absolute Gasteiger partial charge is 0.343 e. The lowest BCUT2D eigenvalue weighted by molar-refractivity contribution is 0.470. The SMILES string of the molecule is Cc1cc(C[C@H](C)n2cc(-c3ncc[nH]3)nn2)n[nH]1. The van der Waals surface area contributed by atoms with E-state index in [1.807, 2.05) is 23.9 Å². The lowest BCUT2D eigenvalue weighted by Crippen LogP contribution is -2.09. The monoisotopic (exact) mass is 257 g/mol. The van der Waals surface area contributed by atoms with Crippen molar-refractivity contribution in [1.82, 2.24) is 35.2 Å². The highest BCUT2D eigenvalue weighted by molar-refractivity contribution is 5.45. The van der Waals surface area contributed by atoms with Crippen LogP contribution in [0.3, 0.4) is 0 Å². The Morgan fingerprint density at radius 1 is 1.42 bits per heavy atom. The van der Waals surface area contributed by atoms with Gasteiger partial charge in [0.1, 0.15) is 5.69 Å². The van der Waals surface area contributed by atoms with E-state index in [0.29, 0.717) is 0 Å². The van der Waals surface area contributed by atoms with Crippen molar-refractivity contribution in [2.24, 2.45) is 0 Å². The number of hydrogen-bond acceptors (Lipinski definition) is 4. The second-order valence-corrected chi connectivity index (χ2v) is 4.62. The van der Waals surface area contributed by atoms with Gasteiger partial charge in [-0.3, -0.25) is 5.10 Å². The Hall–Kier alpha value is -2.44. The third-order valence-corrected chi connectivity index (χ3v) is 2.97. The van der Waals surface area contributed by atoms with Crippen LogP contribution in [-0.4, -0.2) is 35.2 Å². The number of imidazole rings is 1. The van der Waals surface area contributed by atoms with Gasteiger partial charge in [0.2, 0.25) is 0 Å². The van der Waals surface area contributed by atoms with Gasteiger partial charge in [0, 0.05) is 24.5 Å². The molecular formula is C12H15N7. The molecule has 0 aromatic carbocycles. The van der Waals surface area contributed by atoms with Gasteiger partial charge in [0.05, 0.1) is 17.9 Å². The number of nitrogens with zero attached hydrogens (tertiary/aromatic N) is 5. The second-order valence-electron chi connectivity index (χ2n) is 4.62. The molecule has 0 bridgehead atoms. The maximum absolute atomic E-state index is 4.23. The van der Waals surface area contributed by atoms with E-state index in [2.05, 4.69) is 37.4 Å². The van der Waals surface area contributed by atoms with E-state index in [-0.39, 0.29) is 6.04 Å². The maximum Gasteiger partial charge on any atom is 0.159 e. The highest BCUT2D eigenvalue weighted by atomic mass is 15.4. The maximum atomic E-state index is 4.23. The molecule has 7 nitrogen and oxygen atoms in total. The van der Waals surface area contributed by atoms with Crippen LogP contribution in [0.4, 0.5) is 0 Å². The minimum absolute atomic E-state index is 0.193. The first kappa shape index (κ1) is 11.6. The number of H-pyrrole nitrogens is 2. The minimum atomic E-state index is 0.193. The van der Waals surface area contributed by atoms with Crippen LogP contribution in [0.5, 0.6) is 0 Å². The van der Waals surface area contributed by atoms with Gasteiger partial charge < -0.3 is 4.98 Å². The molecule has 19 heavy (non-hydrogen) atoms. The Balaban J connectivity index is 1.75. The number of aromatic nitrogens is 7. The van der Waals surface area contributed by atoms with Gasteiger partial charge in [-0.2, -0.15) is 5.10 Å². The second kappa shape index (κ2) is 4.68. The minimum Gasteiger partial charge on any atom is -0.343 e. The zero-order chi connectivity index (χ0) is 13.2. The average molecular weight is 257 g/mol. The molecule has 3 heterocycles. The molecule has 3 aromatic heterocycles. The number of rotatable bonds is 4.